The van der Waals surface area contributed by atoms with Crippen LogP contribution < -0.4 is 10.1 Å². The molecule has 2 aromatic rings. The SMILES string of the molecule is CC(=O)N[C@@]1(C)C[C@@H](c2ccc(F)cc2)O[C@@H](c2cc(Br)c(C)cc2OCC(=O)O)C1. The van der Waals surface area contributed by atoms with Crippen LogP contribution in [-0.2, 0) is 14.3 Å². The van der Waals surface area contributed by atoms with E-state index >= 15 is 0 Å². The van der Waals surface area contributed by atoms with Gasteiger partial charge in [0.25, 0.3) is 0 Å². The Morgan fingerprint density at radius 1 is 1.26 bits per heavy atom. The molecule has 1 aliphatic rings. The highest BCUT2D eigenvalue weighted by atomic mass is 79.9. The van der Waals surface area contributed by atoms with E-state index in [1.54, 1.807) is 18.2 Å². The Hall–Kier alpha value is -2.45. The van der Waals surface area contributed by atoms with E-state index in [1.807, 2.05) is 19.9 Å². The highest BCUT2D eigenvalue weighted by Gasteiger charge is 2.41. The van der Waals surface area contributed by atoms with Crippen LogP contribution in [0, 0.1) is 12.7 Å². The number of aryl methyl sites for hydroxylation is 1. The molecule has 1 fully saturated rings. The molecule has 0 unspecified atom stereocenters. The summed E-state index contributed by atoms with van der Waals surface area (Å²) in [4.78, 5) is 22.9. The van der Waals surface area contributed by atoms with E-state index in [2.05, 4.69) is 21.2 Å². The van der Waals surface area contributed by atoms with Gasteiger partial charge in [-0.3, -0.25) is 4.79 Å². The van der Waals surface area contributed by atoms with Gasteiger partial charge in [-0.2, -0.15) is 0 Å². The number of carboxylic acids is 1. The molecule has 3 atom stereocenters. The summed E-state index contributed by atoms with van der Waals surface area (Å²) in [5, 5.41) is 12.1. The molecule has 0 saturated carbocycles. The zero-order valence-corrected chi connectivity index (χ0v) is 19.2. The fourth-order valence-electron chi connectivity index (χ4n) is 3.97. The van der Waals surface area contributed by atoms with Crippen LogP contribution in [0.15, 0.2) is 40.9 Å². The van der Waals surface area contributed by atoms with E-state index in [-0.39, 0.29) is 11.7 Å². The smallest absolute Gasteiger partial charge is 0.341 e. The molecular weight excluding hydrogens is 469 g/mol. The standard InChI is InChI=1S/C23H25BrFNO5/c1-13-8-19(30-12-22(28)29)17(9-18(13)24)21-11-23(3,26-14(2)27)10-20(31-21)15-4-6-16(25)7-5-15/h4-9,20-21H,10-12H2,1-3H3,(H,26,27)(H,28,29)/t20-,21+,23-/m0/s1. The minimum atomic E-state index is -1.08. The van der Waals surface area contributed by atoms with E-state index in [1.165, 1.54) is 19.1 Å². The number of benzene rings is 2. The van der Waals surface area contributed by atoms with Gasteiger partial charge in [0.1, 0.15) is 11.6 Å². The fourth-order valence-corrected chi connectivity index (χ4v) is 4.33. The van der Waals surface area contributed by atoms with Gasteiger partial charge >= 0.3 is 5.97 Å². The van der Waals surface area contributed by atoms with Gasteiger partial charge in [-0.15, -0.1) is 0 Å². The molecule has 166 valence electrons. The molecule has 0 radical (unpaired) electrons. The van der Waals surface area contributed by atoms with Gasteiger partial charge in [0.2, 0.25) is 5.91 Å². The molecule has 1 saturated heterocycles. The fraction of sp³-hybridized carbons (Fsp3) is 0.391. The molecule has 1 heterocycles. The van der Waals surface area contributed by atoms with Crippen LogP contribution in [0.3, 0.4) is 0 Å². The Morgan fingerprint density at radius 2 is 1.90 bits per heavy atom. The number of aliphatic carboxylic acids is 1. The molecule has 1 aliphatic heterocycles. The first-order valence-electron chi connectivity index (χ1n) is 9.90. The van der Waals surface area contributed by atoms with Crippen molar-refractivity contribution in [3.63, 3.8) is 0 Å². The van der Waals surface area contributed by atoms with Crippen molar-refractivity contribution in [1.29, 1.82) is 0 Å². The van der Waals surface area contributed by atoms with Crippen molar-refractivity contribution in [1.82, 2.24) is 5.32 Å². The number of carbonyl (C=O) groups is 2. The lowest BCUT2D eigenvalue weighted by Crippen LogP contribution is -2.50. The highest BCUT2D eigenvalue weighted by Crippen LogP contribution is 2.46. The van der Waals surface area contributed by atoms with E-state index in [0.29, 0.717) is 24.2 Å². The maximum absolute atomic E-state index is 13.4. The molecule has 0 spiro atoms. The Bertz CT molecular complexity index is 981. The molecule has 0 aliphatic carbocycles. The highest BCUT2D eigenvalue weighted by molar-refractivity contribution is 9.10. The number of rotatable bonds is 6. The van der Waals surface area contributed by atoms with E-state index < -0.39 is 30.3 Å². The van der Waals surface area contributed by atoms with Crippen molar-refractivity contribution in [3.8, 4) is 5.75 Å². The first-order valence-corrected chi connectivity index (χ1v) is 10.7. The molecular formula is C23H25BrFNO5. The number of nitrogens with one attached hydrogen (secondary N) is 1. The maximum atomic E-state index is 13.4. The summed E-state index contributed by atoms with van der Waals surface area (Å²) >= 11 is 3.52. The molecule has 6 nitrogen and oxygen atoms in total. The van der Waals surface area contributed by atoms with Crippen LogP contribution in [0.25, 0.3) is 0 Å². The van der Waals surface area contributed by atoms with Crippen molar-refractivity contribution in [2.75, 3.05) is 6.61 Å². The Morgan fingerprint density at radius 3 is 2.52 bits per heavy atom. The lowest BCUT2D eigenvalue weighted by atomic mass is 9.81. The summed E-state index contributed by atoms with van der Waals surface area (Å²) in [5.41, 5.74) is 1.78. The zero-order chi connectivity index (χ0) is 22.8. The number of hydrogen-bond acceptors (Lipinski definition) is 4. The zero-order valence-electron chi connectivity index (χ0n) is 17.6. The van der Waals surface area contributed by atoms with Crippen LogP contribution in [0.4, 0.5) is 4.39 Å². The molecule has 2 aromatic carbocycles. The van der Waals surface area contributed by atoms with Crippen LogP contribution in [0.5, 0.6) is 5.75 Å². The second kappa shape index (κ2) is 9.36. The molecule has 3 rings (SSSR count). The summed E-state index contributed by atoms with van der Waals surface area (Å²) in [6.45, 7) is 4.81. The number of ether oxygens (including phenoxy) is 2. The van der Waals surface area contributed by atoms with Crippen LogP contribution in [0.1, 0.15) is 55.6 Å². The largest absolute Gasteiger partial charge is 0.482 e. The third kappa shape index (κ3) is 5.83. The van der Waals surface area contributed by atoms with Gasteiger partial charge in [0, 0.05) is 35.3 Å². The lowest BCUT2D eigenvalue weighted by Gasteiger charge is -2.43. The third-order valence-electron chi connectivity index (χ3n) is 5.31. The minimum absolute atomic E-state index is 0.159. The van der Waals surface area contributed by atoms with Crippen LogP contribution >= 0.6 is 15.9 Å². The number of halogens is 2. The Labute approximate surface area is 188 Å². The van der Waals surface area contributed by atoms with E-state index in [9.17, 15) is 14.0 Å². The second-order valence-corrected chi connectivity index (χ2v) is 8.99. The van der Waals surface area contributed by atoms with Crippen molar-refractivity contribution < 1.29 is 28.6 Å². The number of carboxylic acid groups (broad SMARTS) is 1. The molecule has 0 bridgehead atoms. The lowest BCUT2D eigenvalue weighted by molar-refractivity contribution is -0.139. The Kier molecular flexibility index (Phi) is 7.01. The van der Waals surface area contributed by atoms with Crippen LogP contribution in [-0.4, -0.2) is 29.1 Å². The summed E-state index contributed by atoms with van der Waals surface area (Å²) in [6.07, 6.45) is 0.0842. The van der Waals surface area contributed by atoms with E-state index in [0.717, 1.165) is 15.6 Å². The average molecular weight is 494 g/mol. The molecule has 31 heavy (non-hydrogen) atoms. The number of hydrogen-bond donors (Lipinski definition) is 2. The summed E-state index contributed by atoms with van der Waals surface area (Å²) in [5.74, 6) is -1.16. The summed E-state index contributed by atoms with van der Waals surface area (Å²) < 4.78 is 26.2. The second-order valence-electron chi connectivity index (χ2n) is 8.14. The van der Waals surface area contributed by atoms with Crippen LogP contribution in [0.2, 0.25) is 0 Å². The molecule has 0 aromatic heterocycles. The van der Waals surface area contributed by atoms with E-state index in [4.69, 9.17) is 14.6 Å². The molecule has 8 heteroatoms. The number of carbonyl (C=O) groups excluding carboxylic acids is 1. The third-order valence-corrected chi connectivity index (χ3v) is 6.16. The normalized spacial score (nSPS) is 23.3. The minimum Gasteiger partial charge on any atom is -0.482 e. The maximum Gasteiger partial charge on any atom is 0.341 e. The van der Waals surface area contributed by atoms with Crippen molar-refractivity contribution in [2.24, 2.45) is 0 Å². The Balaban J connectivity index is 2.01. The van der Waals surface area contributed by atoms with Gasteiger partial charge in [0.05, 0.1) is 12.2 Å². The summed E-state index contributed by atoms with van der Waals surface area (Å²) in [7, 11) is 0. The predicted octanol–water partition coefficient (Wildman–Crippen LogP) is 4.85. The van der Waals surface area contributed by atoms with Crippen molar-refractivity contribution >= 4 is 27.8 Å². The van der Waals surface area contributed by atoms with Gasteiger partial charge in [-0.05, 0) is 49.2 Å². The average Bonchev–Trinajstić information content (AvgIpc) is 2.67. The van der Waals surface area contributed by atoms with Gasteiger partial charge in [-0.25, -0.2) is 9.18 Å². The van der Waals surface area contributed by atoms with Crippen molar-refractivity contribution in [3.05, 3.63) is 63.4 Å². The molecule has 1 amide bonds. The first-order chi connectivity index (χ1) is 14.6. The summed E-state index contributed by atoms with van der Waals surface area (Å²) in [6, 6.07) is 9.72. The van der Waals surface area contributed by atoms with Gasteiger partial charge in [-0.1, -0.05) is 28.1 Å². The topological polar surface area (TPSA) is 84.9 Å². The quantitative estimate of drug-likeness (QED) is 0.600. The first kappa shape index (κ1) is 23.2. The monoisotopic (exact) mass is 493 g/mol. The molecule has 2 N–H and O–H groups in total. The van der Waals surface area contributed by atoms with Gasteiger partial charge < -0.3 is 19.9 Å². The van der Waals surface area contributed by atoms with Gasteiger partial charge in [0.15, 0.2) is 6.61 Å². The predicted molar refractivity (Wildman–Crippen MR) is 116 cm³/mol. The van der Waals surface area contributed by atoms with Crippen molar-refractivity contribution in [2.45, 2.75) is 51.4 Å². The number of amides is 1.